The zero-order chi connectivity index (χ0) is 12.9. The van der Waals surface area contributed by atoms with Gasteiger partial charge in [-0.3, -0.25) is 0 Å². The quantitative estimate of drug-likeness (QED) is 0.767. The minimum absolute atomic E-state index is 0.292. The number of hydrogen-bond acceptors (Lipinski definition) is 4. The summed E-state index contributed by atoms with van der Waals surface area (Å²) in [6.45, 7) is 8.18. The van der Waals surface area contributed by atoms with Crippen molar-refractivity contribution in [3.8, 4) is 0 Å². The molecule has 5 heteroatoms. The molecule has 0 radical (unpaired) electrons. The summed E-state index contributed by atoms with van der Waals surface area (Å²) in [7, 11) is -2.82. The largest absolute Gasteiger partial charge is 0.314 e. The van der Waals surface area contributed by atoms with Gasteiger partial charge in [-0.1, -0.05) is 6.92 Å². The van der Waals surface area contributed by atoms with Gasteiger partial charge < -0.3 is 10.2 Å². The van der Waals surface area contributed by atoms with Crippen molar-refractivity contribution in [2.45, 2.75) is 32.7 Å². The SMILES string of the molecule is CCNC(C)C1CCN(CCS(C)(=O)=O)CC1. The highest BCUT2D eigenvalue weighted by Gasteiger charge is 2.23. The summed E-state index contributed by atoms with van der Waals surface area (Å²) < 4.78 is 22.2. The van der Waals surface area contributed by atoms with Crippen LogP contribution in [-0.4, -0.2) is 57.5 Å². The molecule has 1 unspecified atom stereocenters. The Bertz CT molecular complexity index is 308. The Kier molecular flexibility index (Phi) is 5.89. The number of rotatable bonds is 6. The van der Waals surface area contributed by atoms with Crippen molar-refractivity contribution in [2.75, 3.05) is 38.2 Å². The summed E-state index contributed by atoms with van der Waals surface area (Å²) in [5, 5.41) is 3.47. The molecule has 4 nitrogen and oxygen atoms in total. The second kappa shape index (κ2) is 6.71. The van der Waals surface area contributed by atoms with E-state index in [-0.39, 0.29) is 0 Å². The normalized spacial score (nSPS) is 21.6. The maximum absolute atomic E-state index is 11.1. The van der Waals surface area contributed by atoms with Gasteiger partial charge in [0.1, 0.15) is 9.84 Å². The van der Waals surface area contributed by atoms with Gasteiger partial charge in [-0.15, -0.1) is 0 Å². The fourth-order valence-corrected chi connectivity index (χ4v) is 3.05. The summed E-state index contributed by atoms with van der Waals surface area (Å²) in [4.78, 5) is 2.27. The molecule has 0 aromatic heterocycles. The molecule has 0 aliphatic carbocycles. The number of likely N-dealkylation sites (tertiary alicyclic amines) is 1. The summed E-state index contributed by atoms with van der Waals surface area (Å²) in [5.74, 6) is 1.03. The van der Waals surface area contributed by atoms with Gasteiger partial charge in [-0.05, 0) is 45.3 Å². The first-order chi connectivity index (χ1) is 7.92. The molecule has 1 aliphatic rings. The molecule has 1 atom stereocenters. The van der Waals surface area contributed by atoms with E-state index in [9.17, 15) is 8.42 Å². The van der Waals surface area contributed by atoms with Gasteiger partial charge in [0.15, 0.2) is 0 Å². The molecular formula is C12H26N2O2S. The molecule has 0 bridgehead atoms. The molecule has 0 aromatic rings. The third kappa shape index (κ3) is 5.84. The van der Waals surface area contributed by atoms with E-state index in [0.29, 0.717) is 18.3 Å². The van der Waals surface area contributed by atoms with Crippen LogP contribution in [0.3, 0.4) is 0 Å². The van der Waals surface area contributed by atoms with Crippen molar-refractivity contribution in [1.82, 2.24) is 10.2 Å². The monoisotopic (exact) mass is 262 g/mol. The predicted octanol–water partition coefficient (Wildman–Crippen LogP) is 0.741. The van der Waals surface area contributed by atoms with E-state index in [1.165, 1.54) is 19.1 Å². The van der Waals surface area contributed by atoms with E-state index < -0.39 is 9.84 Å². The Morgan fingerprint density at radius 2 is 1.94 bits per heavy atom. The van der Waals surface area contributed by atoms with E-state index in [1.807, 2.05) is 0 Å². The zero-order valence-corrected chi connectivity index (χ0v) is 12.1. The lowest BCUT2D eigenvalue weighted by Gasteiger charge is -2.35. The predicted molar refractivity (Wildman–Crippen MR) is 72.0 cm³/mol. The van der Waals surface area contributed by atoms with Crippen molar-refractivity contribution in [2.24, 2.45) is 5.92 Å². The highest BCUT2D eigenvalue weighted by Crippen LogP contribution is 2.20. The first kappa shape index (κ1) is 14.9. The fraction of sp³-hybridized carbons (Fsp3) is 1.00. The van der Waals surface area contributed by atoms with Crippen LogP contribution in [-0.2, 0) is 9.84 Å². The molecule has 102 valence electrons. The average molecular weight is 262 g/mol. The molecule has 1 saturated heterocycles. The Morgan fingerprint density at radius 3 is 2.41 bits per heavy atom. The lowest BCUT2D eigenvalue weighted by atomic mass is 9.90. The van der Waals surface area contributed by atoms with Crippen LogP contribution in [0.2, 0.25) is 0 Å². The Morgan fingerprint density at radius 1 is 1.35 bits per heavy atom. The maximum Gasteiger partial charge on any atom is 0.148 e. The second-order valence-corrected chi connectivity index (χ2v) is 7.42. The molecule has 17 heavy (non-hydrogen) atoms. The van der Waals surface area contributed by atoms with Gasteiger partial charge in [0.2, 0.25) is 0 Å². The summed E-state index contributed by atoms with van der Waals surface area (Å²) in [5.41, 5.74) is 0. The van der Waals surface area contributed by atoms with E-state index in [2.05, 4.69) is 24.1 Å². The molecule has 0 saturated carbocycles. The molecule has 1 fully saturated rings. The van der Waals surface area contributed by atoms with Crippen LogP contribution in [0.1, 0.15) is 26.7 Å². The summed E-state index contributed by atoms with van der Waals surface area (Å²) in [6.07, 6.45) is 3.67. The molecule has 0 aromatic carbocycles. The van der Waals surface area contributed by atoms with Gasteiger partial charge in [0, 0.05) is 18.8 Å². The van der Waals surface area contributed by atoms with Crippen LogP contribution < -0.4 is 5.32 Å². The lowest BCUT2D eigenvalue weighted by Crippen LogP contribution is -2.43. The fourth-order valence-electron chi connectivity index (χ4n) is 2.46. The van der Waals surface area contributed by atoms with Crippen LogP contribution in [0.5, 0.6) is 0 Å². The maximum atomic E-state index is 11.1. The topological polar surface area (TPSA) is 49.4 Å². The molecule has 1 rings (SSSR count). The third-order valence-corrected chi connectivity index (χ3v) is 4.57. The minimum atomic E-state index is -2.82. The standard InChI is InChI=1S/C12H26N2O2S/c1-4-13-11(2)12-5-7-14(8-6-12)9-10-17(3,15)16/h11-13H,4-10H2,1-3H3. The number of nitrogens with zero attached hydrogens (tertiary/aromatic N) is 1. The van der Waals surface area contributed by atoms with E-state index in [0.717, 1.165) is 25.6 Å². The molecule has 1 aliphatic heterocycles. The van der Waals surface area contributed by atoms with Crippen LogP contribution in [0.15, 0.2) is 0 Å². The Balaban J connectivity index is 2.26. The van der Waals surface area contributed by atoms with E-state index in [1.54, 1.807) is 0 Å². The van der Waals surface area contributed by atoms with Gasteiger partial charge >= 0.3 is 0 Å². The van der Waals surface area contributed by atoms with Gasteiger partial charge in [0.25, 0.3) is 0 Å². The molecule has 1 heterocycles. The van der Waals surface area contributed by atoms with Crippen molar-refractivity contribution >= 4 is 9.84 Å². The molecule has 1 N–H and O–H groups in total. The van der Waals surface area contributed by atoms with Gasteiger partial charge in [0.05, 0.1) is 5.75 Å². The Labute approximate surface area is 106 Å². The first-order valence-electron chi connectivity index (χ1n) is 6.56. The van der Waals surface area contributed by atoms with Gasteiger partial charge in [-0.25, -0.2) is 8.42 Å². The third-order valence-electron chi connectivity index (χ3n) is 3.64. The van der Waals surface area contributed by atoms with E-state index >= 15 is 0 Å². The first-order valence-corrected chi connectivity index (χ1v) is 8.62. The van der Waals surface area contributed by atoms with Gasteiger partial charge in [-0.2, -0.15) is 0 Å². The van der Waals surface area contributed by atoms with Crippen LogP contribution >= 0.6 is 0 Å². The van der Waals surface area contributed by atoms with Crippen molar-refractivity contribution in [3.63, 3.8) is 0 Å². The average Bonchev–Trinajstić information content (AvgIpc) is 2.26. The number of hydrogen-bond donors (Lipinski definition) is 1. The number of piperidine rings is 1. The number of sulfone groups is 1. The second-order valence-electron chi connectivity index (χ2n) is 5.16. The summed E-state index contributed by atoms with van der Waals surface area (Å²) >= 11 is 0. The van der Waals surface area contributed by atoms with Crippen molar-refractivity contribution < 1.29 is 8.42 Å². The molecule has 0 amide bonds. The van der Waals surface area contributed by atoms with Crippen LogP contribution in [0.4, 0.5) is 0 Å². The van der Waals surface area contributed by atoms with Crippen LogP contribution in [0.25, 0.3) is 0 Å². The van der Waals surface area contributed by atoms with Crippen molar-refractivity contribution in [3.05, 3.63) is 0 Å². The van der Waals surface area contributed by atoms with Crippen molar-refractivity contribution in [1.29, 1.82) is 0 Å². The lowest BCUT2D eigenvalue weighted by molar-refractivity contribution is 0.170. The number of nitrogens with one attached hydrogen (secondary N) is 1. The molecule has 0 spiro atoms. The molecular weight excluding hydrogens is 236 g/mol. The summed E-state index contributed by atoms with van der Waals surface area (Å²) in [6, 6.07) is 0.581. The highest BCUT2D eigenvalue weighted by molar-refractivity contribution is 7.90. The highest BCUT2D eigenvalue weighted by atomic mass is 32.2. The Hall–Kier alpha value is -0.130. The minimum Gasteiger partial charge on any atom is -0.314 e. The van der Waals surface area contributed by atoms with Crippen LogP contribution in [0, 0.1) is 5.92 Å². The smallest absolute Gasteiger partial charge is 0.148 e. The zero-order valence-electron chi connectivity index (χ0n) is 11.3. The van der Waals surface area contributed by atoms with E-state index in [4.69, 9.17) is 0 Å².